The molecule has 70 heavy (non-hydrogen) atoms. The second kappa shape index (κ2) is 14.8. The molecule has 12 aromatic rings. The normalized spacial score (nSPS) is 13.9. The fraction of sp³-hybridized carbons (Fsp3) is 0.0294. The Bertz CT molecular complexity index is 3960. The molecule has 0 saturated carbocycles. The van der Waals surface area contributed by atoms with E-state index in [1.807, 2.05) is 12.1 Å². The number of nitrogens with zero attached hydrogens (tertiary/aromatic N) is 1. The van der Waals surface area contributed by atoms with Gasteiger partial charge in [-0.2, -0.15) is 0 Å². The third kappa shape index (κ3) is 5.17. The van der Waals surface area contributed by atoms with E-state index in [-0.39, 0.29) is 0 Å². The molecule has 0 unspecified atom stereocenters. The standard InChI is InChI=1S/C68H43NO/c1-2-17-46(18-3-1)67(58-26-10-4-19-50(58)51-20-5-11-27-59(51)67)47-36-40-49(41-37-47)69(48-38-33-44(34-39-48)45-35-42-65-57(43-45)55-24-9-15-32-64(55)70-65)63-31-16-25-56-54-23-8-14-30-62(54)68(66(56)63)60-28-12-6-21-52(60)53-22-7-13-29-61(53)68/h1-43H. The maximum atomic E-state index is 6.24. The molecule has 0 aliphatic heterocycles. The van der Waals surface area contributed by atoms with Crippen molar-refractivity contribution in [3.8, 4) is 44.5 Å². The summed E-state index contributed by atoms with van der Waals surface area (Å²) in [4.78, 5) is 2.52. The zero-order valence-corrected chi connectivity index (χ0v) is 38.2. The molecule has 1 heterocycles. The Kier molecular flexibility index (Phi) is 8.24. The number of hydrogen-bond donors (Lipinski definition) is 0. The molecular weight excluding hydrogens is 847 g/mol. The first-order valence-corrected chi connectivity index (χ1v) is 24.3. The van der Waals surface area contributed by atoms with E-state index in [0.717, 1.165) is 50.1 Å². The highest BCUT2D eigenvalue weighted by Crippen LogP contribution is 2.65. The zero-order chi connectivity index (χ0) is 46.0. The third-order valence-corrected chi connectivity index (χ3v) is 15.8. The minimum absolute atomic E-state index is 0.502. The van der Waals surface area contributed by atoms with E-state index >= 15 is 0 Å². The number of benzene rings is 11. The van der Waals surface area contributed by atoms with Gasteiger partial charge in [0, 0.05) is 27.7 Å². The molecule has 0 radical (unpaired) electrons. The molecule has 0 fully saturated rings. The van der Waals surface area contributed by atoms with Gasteiger partial charge < -0.3 is 9.32 Å². The summed E-state index contributed by atoms with van der Waals surface area (Å²) in [6.07, 6.45) is 0. The van der Waals surface area contributed by atoms with Crippen LogP contribution in [0.5, 0.6) is 0 Å². The van der Waals surface area contributed by atoms with Crippen LogP contribution >= 0.6 is 0 Å². The highest BCUT2D eigenvalue weighted by Gasteiger charge is 2.53. The molecule has 11 aromatic carbocycles. The van der Waals surface area contributed by atoms with Gasteiger partial charge in [0.1, 0.15) is 11.2 Å². The number of furan rings is 1. The molecule has 326 valence electrons. The molecule has 3 aliphatic rings. The average Bonchev–Trinajstić information content (AvgIpc) is 4.15. The first-order chi connectivity index (χ1) is 34.7. The minimum Gasteiger partial charge on any atom is -0.456 e. The second-order valence-electron chi connectivity index (χ2n) is 19.0. The van der Waals surface area contributed by atoms with Crippen molar-refractivity contribution in [3.63, 3.8) is 0 Å². The lowest BCUT2D eigenvalue weighted by molar-refractivity contribution is 0.669. The highest BCUT2D eigenvalue weighted by molar-refractivity contribution is 6.06. The van der Waals surface area contributed by atoms with Crippen LogP contribution in [0.2, 0.25) is 0 Å². The maximum absolute atomic E-state index is 6.24. The fourth-order valence-corrected chi connectivity index (χ4v) is 13.0. The number of rotatable bonds is 6. The molecule has 0 bridgehead atoms. The predicted octanol–water partition coefficient (Wildman–Crippen LogP) is 17.4. The number of anilines is 3. The molecule has 15 rings (SSSR count). The highest BCUT2D eigenvalue weighted by atomic mass is 16.3. The van der Waals surface area contributed by atoms with Gasteiger partial charge in [-0.05, 0) is 132 Å². The molecule has 0 amide bonds. The van der Waals surface area contributed by atoms with Crippen molar-refractivity contribution in [1.29, 1.82) is 0 Å². The van der Waals surface area contributed by atoms with E-state index in [1.165, 1.54) is 77.9 Å². The van der Waals surface area contributed by atoms with Crippen molar-refractivity contribution in [1.82, 2.24) is 0 Å². The van der Waals surface area contributed by atoms with Crippen LogP contribution in [-0.2, 0) is 10.8 Å². The van der Waals surface area contributed by atoms with Gasteiger partial charge in [0.25, 0.3) is 0 Å². The van der Waals surface area contributed by atoms with Crippen molar-refractivity contribution >= 4 is 39.0 Å². The third-order valence-electron chi connectivity index (χ3n) is 15.8. The van der Waals surface area contributed by atoms with Crippen LogP contribution in [0.3, 0.4) is 0 Å². The van der Waals surface area contributed by atoms with Crippen LogP contribution in [0.15, 0.2) is 265 Å². The molecule has 1 aromatic heterocycles. The van der Waals surface area contributed by atoms with E-state index in [1.54, 1.807) is 0 Å². The summed E-state index contributed by atoms with van der Waals surface area (Å²) < 4.78 is 6.24. The van der Waals surface area contributed by atoms with E-state index in [2.05, 4.69) is 254 Å². The van der Waals surface area contributed by atoms with Gasteiger partial charge in [0.15, 0.2) is 0 Å². The molecule has 3 aliphatic carbocycles. The van der Waals surface area contributed by atoms with Crippen molar-refractivity contribution in [2.45, 2.75) is 10.8 Å². The molecular formula is C68H43NO. The van der Waals surface area contributed by atoms with Crippen LogP contribution in [0.25, 0.3) is 66.4 Å². The molecule has 0 atom stereocenters. The van der Waals surface area contributed by atoms with Crippen molar-refractivity contribution in [2.24, 2.45) is 0 Å². The van der Waals surface area contributed by atoms with E-state index in [0.29, 0.717) is 0 Å². The van der Waals surface area contributed by atoms with Crippen molar-refractivity contribution < 1.29 is 4.42 Å². The largest absolute Gasteiger partial charge is 0.456 e. The first kappa shape index (κ1) is 39.1. The fourth-order valence-electron chi connectivity index (χ4n) is 13.0. The molecule has 2 nitrogen and oxygen atoms in total. The van der Waals surface area contributed by atoms with Crippen molar-refractivity contribution in [3.05, 3.63) is 305 Å². The predicted molar refractivity (Wildman–Crippen MR) is 287 cm³/mol. The maximum Gasteiger partial charge on any atom is 0.135 e. The Morgan fingerprint density at radius 3 is 1.30 bits per heavy atom. The van der Waals surface area contributed by atoms with Crippen LogP contribution in [0.1, 0.15) is 44.5 Å². The van der Waals surface area contributed by atoms with E-state index in [9.17, 15) is 0 Å². The minimum atomic E-state index is -0.536. The summed E-state index contributed by atoms with van der Waals surface area (Å²) >= 11 is 0. The molecule has 0 saturated heterocycles. The summed E-state index contributed by atoms with van der Waals surface area (Å²) in [5, 5.41) is 2.26. The Labute approximate surface area is 407 Å². The van der Waals surface area contributed by atoms with Gasteiger partial charge >= 0.3 is 0 Å². The van der Waals surface area contributed by atoms with Gasteiger partial charge in [0.2, 0.25) is 0 Å². The summed E-state index contributed by atoms with van der Waals surface area (Å²) in [5.41, 5.74) is 24.5. The van der Waals surface area contributed by atoms with Crippen LogP contribution in [0, 0.1) is 0 Å². The van der Waals surface area contributed by atoms with Gasteiger partial charge in [-0.1, -0.05) is 212 Å². The summed E-state index contributed by atoms with van der Waals surface area (Å²) in [5.74, 6) is 0. The lowest BCUT2D eigenvalue weighted by Crippen LogP contribution is -2.29. The Balaban J connectivity index is 0.964. The van der Waals surface area contributed by atoms with E-state index < -0.39 is 10.8 Å². The molecule has 0 N–H and O–H groups in total. The van der Waals surface area contributed by atoms with Crippen LogP contribution < -0.4 is 4.90 Å². The lowest BCUT2D eigenvalue weighted by atomic mass is 9.67. The molecule has 1 spiro atoms. The zero-order valence-electron chi connectivity index (χ0n) is 38.2. The van der Waals surface area contributed by atoms with Crippen molar-refractivity contribution in [2.75, 3.05) is 4.90 Å². The quantitative estimate of drug-likeness (QED) is 0.165. The Hall–Kier alpha value is -8.98. The van der Waals surface area contributed by atoms with Gasteiger partial charge in [-0.15, -0.1) is 0 Å². The smallest absolute Gasteiger partial charge is 0.135 e. The Morgan fingerprint density at radius 1 is 0.286 bits per heavy atom. The first-order valence-electron chi connectivity index (χ1n) is 24.3. The topological polar surface area (TPSA) is 16.4 Å². The lowest BCUT2D eigenvalue weighted by Gasteiger charge is -2.36. The summed E-state index contributed by atoms with van der Waals surface area (Å²) in [6.45, 7) is 0. The van der Waals surface area contributed by atoms with Gasteiger partial charge in [0.05, 0.1) is 16.5 Å². The molecule has 2 heteroatoms. The van der Waals surface area contributed by atoms with Gasteiger partial charge in [-0.3, -0.25) is 0 Å². The summed E-state index contributed by atoms with van der Waals surface area (Å²) in [7, 11) is 0. The number of para-hydroxylation sites is 1. The summed E-state index contributed by atoms with van der Waals surface area (Å²) in [6, 6.07) is 96.8. The second-order valence-corrected chi connectivity index (χ2v) is 19.0. The monoisotopic (exact) mass is 889 g/mol. The number of fused-ring (bicyclic) bond motifs is 16. The van der Waals surface area contributed by atoms with Gasteiger partial charge in [-0.25, -0.2) is 0 Å². The van der Waals surface area contributed by atoms with Crippen LogP contribution in [0.4, 0.5) is 17.1 Å². The SMILES string of the molecule is c1ccc(C2(c3ccc(N(c4ccc(-c5ccc6oc7ccccc7c6c5)cc4)c4cccc5c4C4(c6ccccc6-c6ccccc64)c4ccccc4-5)cc3)c3ccccc3-c3ccccc32)cc1. The average molecular weight is 890 g/mol. The van der Waals surface area contributed by atoms with Crippen LogP contribution in [-0.4, -0.2) is 0 Å². The number of hydrogen-bond acceptors (Lipinski definition) is 2. The van der Waals surface area contributed by atoms with E-state index in [4.69, 9.17) is 4.42 Å². The Morgan fingerprint density at radius 2 is 0.714 bits per heavy atom.